The van der Waals surface area contributed by atoms with Gasteiger partial charge in [0.15, 0.2) is 5.11 Å². The maximum Gasteiger partial charge on any atom is 0.250 e. The Hall–Kier alpha value is -1.63. The summed E-state index contributed by atoms with van der Waals surface area (Å²) in [5.74, 6) is -0.233. The van der Waals surface area contributed by atoms with E-state index < -0.39 is 0 Å². The number of carbonyl (C=O) groups is 1. The van der Waals surface area contributed by atoms with Gasteiger partial charge in [-0.3, -0.25) is 10.1 Å². The van der Waals surface area contributed by atoms with Crippen molar-refractivity contribution in [3.05, 3.63) is 58.3 Å². The lowest BCUT2D eigenvalue weighted by Crippen LogP contribution is -2.37. The minimum absolute atomic E-state index is 0.233. The molecule has 0 spiro atoms. The van der Waals surface area contributed by atoms with Gasteiger partial charge in [-0.1, -0.05) is 18.2 Å². The van der Waals surface area contributed by atoms with Crippen molar-refractivity contribution in [2.75, 3.05) is 6.26 Å². The van der Waals surface area contributed by atoms with Crippen molar-refractivity contribution in [2.45, 2.75) is 11.4 Å². The van der Waals surface area contributed by atoms with Crippen LogP contribution in [0.15, 0.2) is 52.7 Å². The Bertz CT molecular complexity index is 649. The average Bonchev–Trinajstić information content (AvgIpc) is 3.05. The zero-order valence-electron chi connectivity index (χ0n) is 12.0. The molecule has 1 amide bonds. The van der Waals surface area contributed by atoms with Crippen LogP contribution in [-0.4, -0.2) is 17.3 Å². The SMILES string of the molecule is CSc1ccc(CNC(=S)NC(=O)/C=C/c2cccs2)cc1. The number of hydrogen-bond donors (Lipinski definition) is 2. The van der Waals surface area contributed by atoms with Crippen LogP contribution in [0.25, 0.3) is 6.08 Å². The van der Waals surface area contributed by atoms with Crippen LogP contribution >= 0.6 is 35.3 Å². The van der Waals surface area contributed by atoms with E-state index in [2.05, 4.69) is 22.8 Å². The molecule has 1 aromatic carbocycles. The van der Waals surface area contributed by atoms with Crippen molar-refractivity contribution in [3.63, 3.8) is 0 Å². The van der Waals surface area contributed by atoms with Gasteiger partial charge >= 0.3 is 0 Å². The number of thioether (sulfide) groups is 1. The summed E-state index contributed by atoms with van der Waals surface area (Å²) in [6.45, 7) is 0.586. The summed E-state index contributed by atoms with van der Waals surface area (Å²) in [4.78, 5) is 14.0. The molecule has 2 aromatic rings. The molecule has 0 aliphatic heterocycles. The summed E-state index contributed by atoms with van der Waals surface area (Å²) in [5.41, 5.74) is 1.11. The summed E-state index contributed by atoms with van der Waals surface area (Å²) >= 11 is 8.40. The van der Waals surface area contributed by atoms with Gasteiger partial charge in [-0.05, 0) is 53.7 Å². The number of nitrogens with one attached hydrogen (secondary N) is 2. The Morgan fingerprint density at radius 2 is 2.09 bits per heavy atom. The van der Waals surface area contributed by atoms with Gasteiger partial charge in [-0.15, -0.1) is 23.1 Å². The van der Waals surface area contributed by atoms with Crippen LogP contribution in [-0.2, 0) is 11.3 Å². The summed E-state index contributed by atoms with van der Waals surface area (Å²) in [6, 6.07) is 12.1. The molecule has 2 rings (SSSR count). The van der Waals surface area contributed by atoms with Crippen molar-refractivity contribution in [3.8, 4) is 0 Å². The third-order valence-electron chi connectivity index (χ3n) is 2.79. The molecule has 3 nitrogen and oxygen atoms in total. The quantitative estimate of drug-likeness (QED) is 0.491. The van der Waals surface area contributed by atoms with E-state index in [-0.39, 0.29) is 5.91 Å². The molecule has 0 unspecified atom stereocenters. The number of benzene rings is 1. The van der Waals surface area contributed by atoms with E-state index in [0.717, 1.165) is 10.4 Å². The summed E-state index contributed by atoms with van der Waals surface area (Å²) in [7, 11) is 0. The van der Waals surface area contributed by atoms with E-state index >= 15 is 0 Å². The molecule has 0 bridgehead atoms. The highest BCUT2D eigenvalue weighted by Crippen LogP contribution is 2.14. The second-order valence-corrected chi connectivity index (χ2v) is 6.64. The van der Waals surface area contributed by atoms with E-state index in [4.69, 9.17) is 12.2 Å². The molecule has 2 N–H and O–H groups in total. The Morgan fingerprint density at radius 1 is 1.32 bits per heavy atom. The number of amides is 1. The van der Waals surface area contributed by atoms with Gasteiger partial charge in [-0.2, -0.15) is 0 Å². The Labute approximate surface area is 143 Å². The lowest BCUT2D eigenvalue weighted by atomic mass is 10.2. The first-order chi connectivity index (χ1) is 10.7. The molecule has 0 aliphatic rings. The molecule has 1 aromatic heterocycles. The molecule has 0 saturated heterocycles. The van der Waals surface area contributed by atoms with E-state index in [1.54, 1.807) is 29.2 Å². The topological polar surface area (TPSA) is 41.1 Å². The predicted molar refractivity (Wildman–Crippen MR) is 99.2 cm³/mol. The smallest absolute Gasteiger partial charge is 0.250 e. The standard InChI is InChI=1S/C16H16N2OS3/c1-21-13-6-4-12(5-7-13)11-17-16(20)18-15(19)9-8-14-3-2-10-22-14/h2-10H,11H2,1H3,(H2,17,18,19,20)/b9-8+. The second-order valence-electron chi connectivity index (χ2n) is 4.37. The van der Waals surface area contributed by atoms with Crippen LogP contribution in [0, 0.1) is 0 Å². The van der Waals surface area contributed by atoms with Gasteiger partial charge in [0, 0.05) is 22.4 Å². The van der Waals surface area contributed by atoms with Crippen LogP contribution < -0.4 is 10.6 Å². The highest BCUT2D eigenvalue weighted by Gasteiger charge is 2.01. The summed E-state index contributed by atoms with van der Waals surface area (Å²) in [6.07, 6.45) is 5.29. The fourth-order valence-corrected chi connectivity index (χ4v) is 2.87. The van der Waals surface area contributed by atoms with Crippen LogP contribution in [0.3, 0.4) is 0 Å². The highest BCUT2D eigenvalue weighted by molar-refractivity contribution is 7.98. The monoisotopic (exact) mass is 348 g/mol. The van der Waals surface area contributed by atoms with Gasteiger partial charge in [0.25, 0.3) is 0 Å². The van der Waals surface area contributed by atoms with Crippen molar-refractivity contribution in [2.24, 2.45) is 0 Å². The van der Waals surface area contributed by atoms with Crippen molar-refractivity contribution in [1.29, 1.82) is 0 Å². The van der Waals surface area contributed by atoms with Gasteiger partial charge in [0.05, 0.1) is 0 Å². The maximum absolute atomic E-state index is 11.7. The molecule has 0 aliphatic carbocycles. The lowest BCUT2D eigenvalue weighted by molar-refractivity contribution is -0.115. The zero-order chi connectivity index (χ0) is 15.8. The highest BCUT2D eigenvalue weighted by atomic mass is 32.2. The molecule has 6 heteroatoms. The molecule has 0 saturated carbocycles. The molecule has 0 fully saturated rings. The molecular weight excluding hydrogens is 332 g/mol. The first-order valence-electron chi connectivity index (χ1n) is 6.60. The Kier molecular flexibility index (Phi) is 6.64. The van der Waals surface area contributed by atoms with Crippen molar-refractivity contribution >= 4 is 52.4 Å². The van der Waals surface area contributed by atoms with Gasteiger partial charge in [0.1, 0.15) is 0 Å². The summed E-state index contributed by atoms with van der Waals surface area (Å²) in [5, 5.41) is 7.95. The normalized spacial score (nSPS) is 10.6. The van der Waals surface area contributed by atoms with E-state index in [1.165, 1.54) is 11.0 Å². The summed E-state index contributed by atoms with van der Waals surface area (Å²) < 4.78 is 0. The third-order valence-corrected chi connectivity index (χ3v) is 4.62. The third kappa shape index (κ3) is 5.63. The van der Waals surface area contributed by atoms with Gasteiger partial charge < -0.3 is 5.32 Å². The van der Waals surface area contributed by atoms with Crippen molar-refractivity contribution in [1.82, 2.24) is 10.6 Å². The number of hydrogen-bond acceptors (Lipinski definition) is 4. The van der Waals surface area contributed by atoms with Crippen LogP contribution in [0.1, 0.15) is 10.4 Å². The van der Waals surface area contributed by atoms with E-state index in [0.29, 0.717) is 11.7 Å². The fraction of sp³-hybridized carbons (Fsp3) is 0.125. The minimum atomic E-state index is -0.233. The molecule has 22 heavy (non-hydrogen) atoms. The fourth-order valence-electron chi connectivity index (χ4n) is 1.67. The second kappa shape index (κ2) is 8.73. The zero-order valence-corrected chi connectivity index (χ0v) is 14.5. The first kappa shape index (κ1) is 16.7. The molecule has 0 radical (unpaired) electrons. The number of thiocarbonyl (C=S) groups is 1. The maximum atomic E-state index is 11.7. The Morgan fingerprint density at radius 3 is 2.73 bits per heavy atom. The van der Waals surface area contributed by atoms with Crippen molar-refractivity contribution < 1.29 is 4.79 Å². The largest absolute Gasteiger partial charge is 0.358 e. The van der Waals surface area contributed by atoms with Crippen LogP contribution in [0.5, 0.6) is 0 Å². The lowest BCUT2D eigenvalue weighted by Gasteiger charge is -2.08. The predicted octanol–water partition coefficient (Wildman–Crippen LogP) is 3.67. The van der Waals surface area contributed by atoms with Crippen LogP contribution in [0.2, 0.25) is 0 Å². The number of carbonyl (C=O) groups excluding carboxylic acids is 1. The van der Waals surface area contributed by atoms with E-state index in [9.17, 15) is 4.79 Å². The Balaban J connectivity index is 1.76. The number of rotatable bonds is 5. The average molecular weight is 349 g/mol. The van der Waals surface area contributed by atoms with Gasteiger partial charge in [0.2, 0.25) is 5.91 Å². The molecule has 1 heterocycles. The molecular formula is C16H16N2OS3. The first-order valence-corrected chi connectivity index (χ1v) is 9.12. The van der Waals surface area contributed by atoms with Gasteiger partial charge in [-0.25, -0.2) is 0 Å². The van der Waals surface area contributed by atoms with Crippen LogP contribution in [0.4, 0.5) is 0 Å². The molecule has 114 valence electrons. The minimum Gasteiger partial charge on any atom is -0.358 e. The number of thiophene rings is 1. The van der Waals surface area contributed by atoms with E-state index in [1.807, 2.05) is 35.9 Å². The molecule has 0 atom stereocenters.